The van der Waals surface area contributed by atoms with E-state index in [4.69, 9.17) is 4.74 Å². The molecule has 0 aliphatic heterocycles. The normalized spacial score (nSPS) is 10.9. The van der Waals surface area contributed by atoms with Gasteiger partial charge in [0.15, 0.2) is 0 Å². The van der Waals surface area contributed by atoms with Gasteiger partial charge >= 0.3 is 0 Å². The largest absolute Gasteiger partial charge is 0.496 e. The number of nitrogens with zero attached hydrogens (tertiary/aromatic N) is 1. The molecule has 0 aliphatic carbocycles. The topological polar surface area (TPSA) is 50.7 Å². The van der Waals surface area contributed by atoms with Gasteiger partial charge in [0.25, 0.3) is 5.91 Å². The maximum absolute atomic E-state index is 12.1. The molecule has 3 aromatic rings. The highest BCUT2D eigenvalue weighted by atomic mass is 127. The smallest absolute Gasteiger partial charge is 0.271 e. The van der Waals surface area contributed by atoms with Crippen molar-refractivity contribution in [3.8, 4) is 5.75 Å². The highest BCUT2D eigenvalue weighted by Gasteiger charge is 2.06. The van der Waals surface area contributed by atoms with E-state index >= 15 is 0 Å². The van der Waals surface area contributed by atoms with Crippen LogP contribution in [0.4, 0.5) is 0 Å². The number of benzene rings is 3. The number of carbonyl (C=O) groups is 1. The number of hydrogen-bond acceptors (Lipinski definition) is 3. The summed E-state index contributed by atoms with van der Waals surface area (Å²) in [6, 6.07) is 19.1. The number of carbonyl (C=O) groups excluding carboxylic acids is 1. The molecule has 1 N–H and O–H groups in total. The summed E-state index contributed by atoms with van der Waals surface area (Å²) in [6.45, 7) is 0. The maximum Gasteiger partial charge on any atom is 0.271 e. The van der Waals surface area contributed by atoms with Gasteiger partial charge in [0.1, 0.15) is 5.75 Å². The molecule has 120 valence electrons. The fraction of sp³-hybridized carbons (Fsp3) is 0.0526. The molecule has 0 saturated carbocycles. The molecule has 4 nitrogen and oxygen atoms in total. The van der Waals surface area contributed by atoms with Crippen LogP contribution in [0.3, 0.4) is 0 Å². The van der Waals surface area contributed by atoms with Crippen molar-refractivity contribution in [3.63, 3.8) is 0 Å². The molecule has 3 aromatic carbocycles. The van der Waals surface area contributed by atoms with Crippen molar-refractivity contribution in [2.45, 2.75) is 0 Å². The van der Waals surface area contributed by atoms with Crippen LogP contribution in [0.25, 0.3) is 10.8 Å². The summed E-state index contributed by atoms with van der Waals surface area (Å²) in [7, 11) is 1.65. The van der Waals surface area contributed by atoms with Gasteiger partial charge in [0.05, 0.1) is 13.3 Å². The van der Waals surface area contributed by atoms with Gasteiger partial charge in [-0.15, -0.1) is 0 Å². The lowest BCUT2D eigenvalue weighted by Gasteiger charge is -2.07. The predicted octanol–water partition coefficient (Wildman–Crippen LogP) is 4.22. The van der Waals surface area contributed by atoms with E-state index in [0.717, 1.165) is 25.7 Å². The summed E-state index contributed by atoms with van der Waals surface area (Å²) >= 11 is 2.17. The van der Waals surface area contributed by atoms with Crippen LogP contribution in [0, 0.1) is 3.57 Å². The van der Waals surface area contributed by atoms with Crippen molar-refractivity contribution in [2.75, 3.05) is 7.11 Å². The molecule has 0 saturated heterocycles. The lowest BCUT2D eigenvalue weighted by atomic mass is 10.0. The van der Waals surface area contributed by atoms with Crippen molar-refractivity contribution in [2.24, 2.45) is 5.10 Å². The molecule has 0 unspecified atom stereocenters. The molecule has 0 spiro atoms. The molecule has 24 heavy (non-hydrogen) atoms. The van der Waals surface area contributed by atoms with Gasteiger partial charge in [-0.1, -0.05) is 30.3 Å². The van der Waals surface area contributed by atoms with Gasteiger partial charge in [-0.3, -0.25) is 4.79 Å². The van der Waals surface area contributed by atoms with Gasteiger partial charge < -0.3 is 4.74 Å². The number of halogens is 1. The third-order valence-corrected chi connectivity index (χ3v) is 4.27. The third-order valence-electron chi connectivity index (χ3n) is 3.59. The lowest BCUT2D eigenvalue weighted by Crippen LogP contribution is -2.17. The first kappa shape index (κ1) is 16.4. The fourth-order valence-corrected chi connectivity index (χ4v) is 2.98. The minimum absolute atomic E-state index is 0.234. The summed E-state index contributed by atoms with van der Waals surface area (Å²) in [5.41, 5.74) is 4.06. The molecule has 0 radical (unpaired) electrons. The molecule has 1 amide bonds. The Morgan fingerprint density at radius 1 is 1.08 bits per heavy atom. The van der Waals surface area contributed by atoms with Crippen LogP contribution in [0.2, 0.25) is 0 Å². The van der Waals surface area contributed by atoms with Crippen LogP contribution in [-0.4, -0.2) is 19.2 Å². The van der Waals surface area contributed by atoms with E-state index in [9.17, 15) is 4.79 Å². The monoisotopic (exact) mass is 430 g/mol. The quantitative estimate of drug-likeness (QED) is 0.383. The standard InChI is InChI=1S/C19H15IN2O2/c1-24-18-10-9-14(16-7-2-3-8-17(16)18)12-21-22-19(23)13-5-4-6-15(20)11-13/h2-12H,1H3,(H,22,23)/b21-12+. The second-order valence-corrected chi connectivity index (χ2v) is 6.36. The first-order valence-electron chi connectivity index (χ1n) is 7.34. The Kier molecular flexibility index (Phi) is 5.10. The van der Waals surface area contributed by atoms with Crippen molar-refractivity contribution in [1.29, 1.82) is 0 Å². The number of hydrogen-bond donors (Lipinski definition) is 1. The predicted molar refractivity (Wildman–Crippen MR) is 105 cm³/mol. The second kappa shape index (κ2) is 7.44. The van der Waals surface area contributed by atoms with E-state index in [1.807, 2.05) is 54.6 Å². The van der Waals surface area contributed by atoms with E-state index in [0.29, 0.717) is 5.56 Å². The summed E-state index contributed by atoms with van der Waals surface area (Å²) < 4.78 is 6.38. The number of ether oxygens (including phenoxy) is 1. The van der Waals surface area contributed by atoms with Gasteiger partial charge in [-0.2, -0.15) is 5.10 Å². The minimum Gasteiger partial charge on any atom is -0.496 e. The summed E-state index contributed by atoms with van der Waals surface area (Å²) in [5, 5.41) is 6.11. The van der Waals surface area contributed by atoms with Gasteiger partial charge in [-0.25, -0.2) is 5.43 Å². The van der Waals surface area contributed by atoms with Crippen molar-refractivity contribution < 1.29 is 9.53 Å². The number of amides is 1. The van der Waals surface area contributed by atoms with Gasteiger partial charge in [0.2, 0.25) is 0 Å². The average Bonchev–Trinajstić information content (AvgIpc) is 2.61. The van der Waals surface area contributed by atoms with Crippen LogP contribution in [0.1, 0.15) is 15.9 Å². The van der Waals surface area contributed by atoms with E-state index in [1.165, 1.54) is 0 Å². The van der Waals surface area contributed by atoms with Crippen molar-refractivity contribution >= 4 is 45.5 Å². The van der Waals surface area contributed by atoms with Crippen LogP contribution in [-0.2, 0) is 0 Å². The summed E-state index contributed by atoms with van der Waals surface area (Å²) in [4.78, 5) is 12.1. The molecular weight excluding hydrogens is 415 g/mol. The zero-order valence-corrected chi connectivity index (χ0v) is 15.2. The number of methoxy groups -OCH3 is 1. The molecule has 5 heteroatoms. The van der Waals surface area contributed by atoms with E-state index < -0.39 is 0 Å². The molecule has 3 rings (SSSR count). The molecule has 0 aromatic heterocycles. The van der Waals surface area contributed by atoms with Gasteiger partial charge in [0, 0.05) is 20.1 Å². The Morgan fingerprint density at radius 3 is 2.62 bits per heavy atom. The molecule has 0 heterocycles. The Morgan fingerprint density at radius 2 is 1.88 bits per heavy atom. The van der Waals surface area contributed by atoms with Crippen LogP contribution >= 0.6 is 22.6 Å². The first-order valence-corrected chi connectivity index (χ1v) is 8.41. The first-order chi connectivity index (χ1) is 11.7. The highest BCUT2D eigenvalue weighted by Crippen LogP contribution is 2.27. The van der Waals surface area contributed by atoms with Crippen LogP contribution < -0.4 is 10.2 Å². The Labute approximate surface area is 153 Å². The number of rotatable bonds is 4. The highest BCUT2D eigenvalue weighted by molar-refractivity contribution is 14.1. The second-order valence-electron chi connectivity index (χ2n) is 5.11. The minimum atomic E-state index is -0.234. The Hall–Kier alpha value is -2.41. The van der Waals surface area contributed by atoms with E-state index in [1.54, 1.807) is 19.4 Å². The van der Waals surface area contributed by atoms with Crippen LogP contribution in [0.5, 0.6) is 5.75 Å². The number of fused-ring (bicyclic) bond motifs is 1. The molecular formula is C19H15IN2O2. The number of nitrogens with one attached hydrogen (secondary N) is 1. The van der Waals surface area contributed by atoms with E-state index in [2.05, 4.69) is 33.1 Å². The van der Waals surface area contributed by atoms with Crippen LogP contribution in [0.15, 0.2) is 65.8 Å². The molecule has 0 atom stereocenters. The third kappa shape index (κ3) is 3.56. The molecule has 0 fully saturated rings. The lowest BCUT2D eigenvalue weighted by molar-refractivity contribution is 0.0955. The fourth-order valence-electron chi connectivity index (χ4n) is 2.44. The zero-order valence-electron chi connectivity index (χ0n) is 13.0. The summed E-state index contributed by atoms with van der Waals surface area (Å²) in [5.74, 6) is 0.577. The number of hydrazone groups is 1. The zero-order chi connectivity index (χ0) is 16.9. The Balaban J connectivity index is 1.82. The van der Waals surface area contributed by atoms with Crippen molar-refractivity contribution in [3.05, 3.63) is 75.4 Å². The maximum atomic E-state index is 12.1. The summed E-state index contributed by atoms with van der Waals surface area (Å²) in [6.07, 6.45) is 1.65. The Bertz CT molecular complexity index is 922. The average molecular weight is 430 g/mol. The van der Waals surface area contributed by atoms with Gasteiger partial charge in [-0.05, 0) is 58.3 Å². The van der Waals surface area contributed by atoms with Crippen molar-refractivity contribution in [1.82, 2.24) is 5.43 Å². The molecule has 0 aliphatic rings. The SMILES string of the molecule is COc1ccc(/C=N/NC(=O)c2cccc(I)c2)c2ccccc12. The van der Waals surface area contributed by atoms with E-state index in [-0.39, 0.29) is 5.91 Å². The molecule has 0 bridgehead atoms.